The van der Waals surface area contributed by atoms with Crippen molar-refractivity contribution in [3.63, 3.8) is 0 Å². The molecular weight excluding hydrogens is 449 g/mol. The van der Waals surface area contributed by atoms with E-state index in [1.54, 1.807) is 13.2 Å². The number of hydrogen-bond donors (Lipinski definition) is 0. The molecule has 34 heavy (non-hydrogen) atoms. The molecule has 2 unspecified atom stereocenters. The second-order valence-electron chi connectivity index (χ2n) is 8.89. The molecule has 0 bridgehead atoms. The number of carbonyl (C=O) groups excluding carboxylic acids is 1. The number of epoxide rings is 1. The monoisotopic (exact) mass is 478 g/mol. The smallest absolute Gasteiger partial charge is 0.432 e. The molecule has 0 spiro atoms. The molecular formula is C26H29F3O5. The molecule has 8 heteroatoms. The van der Waals surface area contributed by atoms with Crippen LogP contribution in [0.4, 0.5) is 13.2 Å². The predicted molar refractivity (Wildman–Crippen MR) is 119 cm³/mol. The van der Waals surface area contributed by atoms with Gasteiger partial charge in [-0.1, -0.05) is 43.3 Å². The standard InChI is InChI=1S/C26H29F3O5/c1-4-24(22(34-24)13-10-17-14-18-15-20(31-2)11-12-21(17)18)16-33-23(30)25(32-3,26(27,28)29)19-8-6-5-7-9-19/h5-9,11-12,15,17,22H,4,10,13-14,16H2,1-3H3/t17?,22-,24-,25?/m1/s1. The zero-order chi connectivity index (χ0) is 24.6. The lowest BCUT2D eigenvalue weighted by Gasteiger charge is -2.32. The fraction of sp³-hybridized carbons (Fsp3) is 0.500. The lowest BCUT2D eigenvalue weighted by molar-refractivity contribution is -0.276. The first kappa shape index (κ1) is 24.5. The maximum atomic E-state index is 14.1. The van der Waals surface area contributed by atoms with Crippen LogP contribution >= 0.6 is 0 Å². The highest BCUT2D eigenvalue weighted by Gasteiger charge is 2.65. The fourth-order valence-corrected chi connectivity index (χ4v) is 4.93. The van der Waals surface area contributed by atoms with Gasteiger partial charge < -0.3 is 18.9 Å². The summed E-state index contributed by atoms with van der Waals surface area (Å²) in [6.07, 6.45) is -2.02. The van der Waals surface area contributed by atoms with Gasteiger partial charge in [0.25, 0.3) is 5.60 Å². The minimum atomic E-state index is -5.00. The second-order valence-corrected chi connectivity index (χ2v) is 8.89. The van der Waals surface area contributed by atoms with Gasteiger partial charge in [-0.2, -0.15) is 13.2 Å². The molecule has 0 aromatic heterocycles. The van der Waals surface area contributed by atoms with E-state index in [-0.39, 0.29) is 18.3 Å². The van der Waals surface area contributed by atoms with Gasteiger partial charge in [-0.15, -0.1) is 0 Å². The molecule has 4 atom stereocenters. The van der Waals surface area contributed by atoms with Crippen LogP contribution in [0.2, 0.25) is 0 Å². The Hall–Kier alpha value is -2.58. The average Bonchev–Trinajstić information content (AvgIpc) is 3.52. The Morgan fingerprint density at radius 2 is 1.85 bits per heavy atom. The summed E-state index contributed by atoms with van der Waals surface area (Å²) < 4.78 is 63.3. The Kier molecular flexibility index (Phi) is 6.66. The third-order valence-corrected chi connectivity index (χ3v) is 7.16. The van der Waals surface area contributed by atoms with Crippen molar-refractivity contribution in [1.29, 1.82) is 0 Å². The van der Waals surface area contributed by atoms with Crippen molar-refractivity contribution >= 4 is 5.97 Å². The van der Waals surface area contributed by atoms with Gasteiger partial charge in [-0.3, -0.25) is 0 Å². The van der Waals surface area contributed by atoms with Gasteiger partial charge in [0, 0.05) is 12.7 Å². The summed E-state index contributed by atoms with van der Waals surface area (Å²) in [6.45, 7) is 1.63. The highest BCUT2D eigenvalue weighted by atomic mass is 19.4. The number of benzene rings is 2. The number of esters is 1. The maximum Gasteiger partial charge on any atom is 0.432 e. The normalized spacial score (nSPS) is 25.0. The van der Waals surface area contributed by atoms with E-state index < -0.39 is 23.3 Å². The van der Waals surface area contributed by atoms with E-state index >= 15 is 0 Å². The Morgan fingerprint density at radius 3 is 2.44 bits per heavy atom. The number of fused-ring (bicyclic) bond motifs is 1. The van der Waals surface area contributed by atoms with Crippen molar-refractivity contribution in [3.05, 3.63) is 65.2 Å². The first-order valence-corrected chi connectivity index (χ1v) is 11.4. The fourth-order valence-electron chi connectivity index (χ4n) is 4.93. The Balaban J connectivity index is 1.38. The van der Waals surface area contributed by atoms with Crippen LogP contribution in [-0.2, 0) is 31.0 Å². The molecule has 1 saturated heterocycles. The van der Waals surface area contributed by atoms with E-state index in [4.69, 9.17) is 18.9 Å². The van der Waals surface area contributed by atoms with Gasteiger partial charge in [-0.25, -0.2) is 4.79 Å². The van der Waals surface area contributed by atoms with Gasteiger partial charge in [0.2, 0.25) is 0 Å². The quantitative estimate of drug-likeness (QED) is 0.342. The van der Waals surface area contributed by atoms with E-state index in [0.29, 0.717) is 12.3 Å². The van der Waals surface area contributed by atoms with Crippen molar-refractivity contribution in [2.24, 2.45) is 0 Å². The van der Waals surface area contributed by atoms with E-state index in [1.807, 2.05) is 19.1 Å². The molecule has 184 valence electrons. The summed E-state index contributed by atoms with van der Waals surface area (Å²) >= 11 is 0. The van der Waals surface area contributed by atoms with Gasteiger partial charge in [0.15, 0.2) is 0 Å². The number of hydrogen-bond acceptors (Lipinski definition) is 5. The number of carbonyl (C=O) groups is 1. The van der Waals surface area contributed by atoms with Crippen molar-refractivity contribution in [2.45, 2.75) is 62.0 Å². The number of ether oxygens (including phenoxy) is 4. The van der Waals surface area contributed by atoms with Crippen molar-refractivity contribution < 1.29 is 36.9 Å². The van der Waals surface area contributed by atoms with Crippen LogP contribution < -0.4 is 4.74 Å². The first-order chi connectivity index (χ1) is 16.2. The Labute approximate surface area is 197 Å². The summed E-state index contributed by atoms with van der Waals surface area (Å²) in [5.74, 6) is -0.222. The molecule has 0 N–H and O–H groups in total. The molecule has 1 aliphatic heterocycles. The zero-order valence-electron chi connectivity index (χ0n) is 19.5. The van der Waals surface area contributed by atoms with E-state index in [2.05, 4.69) is 6.07 Å². The van der Waals surface area contributed by atoms with Crippen LogP contribution in [0.15, 0.2) is 48.5 Å². The molecule has 0 amide bonds. The third kappa shape index (κ3) is 4.18. The minimum absolute atomic E-state index is 0.160. The van der Waals surface area contributed by atoms with Crippen LogP contribution in [-0.4, -0.2) is 44.7 Å². The van der Waals surface area contributed by atoms with E-state index in [9.17, 15) is 18.0 Å². The molecule has 5 nitrogen and oxygen atoms in total. The van der Waals surface area contributed by atoms with Gasteiger partial charge in [0.1, 0.15) is 18.0 Å². The van der Waals surface area contributed by atoms with Crippen LogP contribution in [0.3, 0.4) is 0 Å². The highest BCUT2D eigenvalue weighted by Crippen LogP contribution is 2.48. The summed E-state index contributed by atoms with van der Waals surface area (Å²) in [4.78, 5) is 12.8. The molecule has 1 fully saturated rings. The highest BCUT2D eigenvalue weighted by molar-refractivity contribution is 5.82. The molecule has 1 aliphatic carbocycles. The van der Waals surface area contributed by atoms with Gasteiger partial charge in [-0.05, 0) is 54.9 Å². The third-order valence-electron chi connectivity index (χ3n) is 7.16. The molecule has 2 aliphatic rings. The lowest BCUT2D eigenvalue weighted by Crippen LogP contribution is -2.52. The Morgan fingerprint density at radius 1 is 1.12 bits per heavy atom. The topological polar surface area (TPSA) is 57.3 Å². The zero-order valence-corrected chi connectivity index (χ0v) is 19.5. The SMILES string of the molecule is CC[C@]1(COC(=O)C(OC)(c2ccccc2)C(F)(F)F)O[C@@H]1CCC1Cc2cc(OC)ccc21. The second kappa shape index (κ2) is 9.23. The summed E-state index contributed by atoms with van der Waals surface area (Å²) in [5.41, 5.74) is -1.70. The molecule has 1 heterocycles. The van der Waals surface area contributed by atoms with Gasteiger partial charge >= 0.3 is 12.1 Å². The van der Waals surface area contributed by atoms with Crippen molar-refractivity contribution in [1.82, 2.24) is 0 Å². The molecule has 0 radical (unpaired) electrons. The number of rotatable bonds is 10. The van der Waals surface area contributed by atoms with E-state index in [1.165, 1.54) is 35.4 Å². The number of methoxy groups -OCH3 is 2. The van der Waals surface area contributed by atoms with E-state index in [0.717, 1.165) is 32.1 Å². The molecule has 4 rings (SSSR count). The number of halogens is 3. The average molecular weight is 479 g/mol. The first-order valence-electron chi connectivity index (χ1n) is 11.4. The van der Waals surface area contributed by atoms with Crippen LogP contribution in [0.1, 0.15) is 48.8 Å². The largest absolute Gasteiger partial charge is 0.497 e. The summed E-state index contributed by atoms with van der Waals surface area (Å²) in [7, 11) is 2.50. The van der Waals surface area contributed by atoms with Crippen molar-refractivity contribution in [3.8, 4) is 5.75 Å². The van der Waals surface area contributed by atoms with Gasteiger partial charge in [0.05, 0.1) is 13.2 Å². The molecule has 0 saturated carbocycles. The molecule has 2 aromatic carbocycles. The number of alkyl halides is 3. The predicted octanol–water partition coefficient (Wildman–Crippen LogP) is 5.31. The van der Waals surface area contributed by atoms with Crippen LogP contribution in [0.25, 0.3) is 0 Å². The summed E-state index contributed by atoms with van der Waals surface area (Å²) in [5, 5.41) is 0. The maximum absolute atomic E-state index is 14.1. The summed E-state index contributed by atoms with van der Waals surface area (Å²) in [6, 6.07) is 12.9. The molecule has 2 aromatic rings. The Bertz CT molecular complexity index is 1020. The minimum Gasteiger partial charge on any atom is -0.497 e. The lowest BCUT2D eigenvalue weighted by atomic mass is 9.74. The van der Waals surface area contributed by atoms with Crippen LogP contribution in [0, 0.1) is 0 Å². The van der Waals surface area contributed by atoms with Crippen molar-refractivity contribution in [2.75, 3.05) is 20.8 Å². The van der Waals surface area contributed by atoms with Crippen LogP contribution in [0.5, 0.6) is 5.75 Å².